The Labute approximate surface area is 130 Å². The van der Waals surface area contributed by atoms with E-state index >= 15 is 0 Å². The van der Waals surface area contributed by atoms with Crippen molar-refractivity contribution in [1.82, 2.24) is 4.98 Å². The molecule has 1 fully saturated rings. The summed E-state index contributed by atoms with van der Waals surface area (Å²) in [5.41, 5.74) is -0.359. The van der Waals surface area contributed by atoms with E-state index in [1.165, 1.54) is 24.4 Å². The summed E-state index contributed by atoms with van der Waals surface area (Å²) in [6.07, 6.45) is 3.16. The second-order valence-corrected chi connectivity index (χ2v) is 5.11. The van der Waals surface area contributed by atoms with Crippen LogP contribution in [0.15, 0.2) is 36.5 Å². The number of aromatic nitrogens is 1. The molecule has 0 radical (unpaired) electrons. The van der Waals surface area contributed by atoms with Gasteiger partial charge in [-0.1, -0.05) is 0 Å². The third-order valence-electron chi connectivity index (χ3n) is 3.28. The van der Waals surface area contributed by atoms with Crippen molar-refractivity contribution in [3.8, 4) is 11.5 Å². The Morgan fingerprint density at radius 2 is 2.13 bits per heavy atom. The molecular formula is C15H12FN3O4. The molecule has 1 heterocycles. The van der Waals surface area contributed by atoms with Crippen molar-refractivity contribution in [2.24, 2.45) is 5.92 Å². The Bertz CT molecular complexity index is 777. The maximum Gasteiger partial charge on any atom is 0.272 e. The molecule has 1 aromatic carbocycles. The fourth-order valence-corrected chi connectivity index (χ4v) is 1.93. The molecule has 1 aromatic heterocycles. The predicted octanol–water partition coefficient (Wildman–Crippen LogP) is 3.27. The minimum absolute atomic E-state index is 0.0356. The highest BCUT2D eigenvalue weighted by molar-refractivity contribution is 5.93. The summed E-state index contributed by atoms with van der Waals surface area (Å²) in [4.78, 5) is 25.6. The largest absolute Gasteiger partial charge is 0.454 e. The summed E-state index contributed by atoms with van der Waals surface area (Å²) < 4.78 is 19.2. The number of benzene rings is 1. The Kier molecular flexibility index (Phi) is 3.88. The number of nitrogens with zero attached hydrogens (tertiary/aromatic N) is 2. The van der Waals surface area contributed by atoms with Crippen LogP contribution >= 0.6 is 0 Å². The van der Waals surface area contributed by atoms with Crippen LogP contribution in [0.5, 0.6) is 11.5 Å². The number of ether oxygens (including phenoxy) is 1. The summed E-state index contributed by atoms with van der Waals surface area (Å²) in [5, 5.41) is 13.2. The van der Waals surface area contributed by atoms with Gasteiger partial charge >= 0.3 is 0 Å². The van der Waals surface area contributed by atoms with Crippen LogP contribution in [0, 0.1) is 21.8 Å². The van der Waals surface area contributed by atoms with Crippen molar-refractivity contribution in [3.63, 3.8) is 0 Å². The summed E-state index contributed by atoms with van der Waals surface area (Å²) in [5.74, 6) is -0.494. The first-order valence-corrected chi connectivity index (χ1v) is 6.91. The number of nitro benzene ring substituents is 1. The van der Waals surface area contributed by atoms with Gasteiger partial charge < -0.3 is 10.1 Å². The van der Waals surface area contributed by atoms with E-state index in [4.69, 9.17) is 4.74 Å². The fourth-order valence-electron chi connectivity index (χ4n) is 1.93. The molecule has 1 amide bonds. The lowest BCUT2D eigenvalue weighted by Gasteiger charge is -2.08. The van der Waals surface area contributed by atoms with Crippen LogP contribution in [-0.4, -0.2) is 15.8 Å². The predicted molar refractivity (Wildman–Crippen MR) is 78.7 cm³/mol. The average molecular weight is 317 g/mol. The number of pyridine rings is 1. The highest BCUT2D eigenvalue weighted by Crippen LogP contribution is 2.31. The van der Waals surface area contributed by atoms with Gasteiger partial charge in [-0.25, -0.2) is 9.37 Å². The van der Waals surface area contributed by atoms with E-state index in [0.717, 1.165) is 25.0 Å². The molecule has 1 aliphatic carbocycles. The highest BCUT2D eigenvalue weighted by atomic mass is 19.1. The van der Waals surface area contributed by atoms with Gasteiger partial charge in [0.25, 0.3) is 5.69 Å². The number of nitrogens with one attached hydrogen (secondary N) is 1. The number of halogens is 1. The molecule has 23 heavy (non-hydrogen) atoms. The molecule has 2 aromatic rings. The number of anilines is 1. The van der Waals surface area contributed by atoms with Crippen molar-refractivity contribution in [3.05, 3.63) is 52.5 Å². The molecule has 0 saturated heterocycles. The van der Waals surface area contributed by atoms with Gasteiger partial charge in [-0.3, -0.25) is 14.9 Å². The van der Waals surface area contributed by atoms with E-state index in [9.17, 15) is 19.3 Å². The van der Waals surface area contributed by atoms with Crippen LogP contribution in [-0.2, 0) is 4.79 Å². The number of carbonyl (C=O) groups excluding carboxylic acids is 1. The van der Waals surface area contributed by atoms with Gasteiger partial charge in [0.15, 0.2) is 11.6 Å². The maximum atomic E-state index is 13.8. The lowest BCUT2D eigenvalue weighted by molar-refractivity contribution is -0.385. The number of hydrogen-bond donors (Lipinski definition) is 1. The molecule has 8 heteroatoms. The normalized spacial score (nSPS) is 13.4. The smallest absolute Gasteiger partial charge is 0.272 e. The molecule has 1 saturated carbocycles. The van der Waals surface area contributed by atoms with Crippen LogP contribution in [0.25, 0.3) is 0 Å². The lowest BCUT2D eigenvalue weighted by Crippen LogP contribution is -2.14. The molecule has 7 nitrogen and oxygen atoms in total. The number of rotatable bonds is 5. The average Bonchev–Trinajstić information content (AvgIpc) is 3.34. The molecule has 0 atom stereocenters. The van der Waals surface area contributed by atoms with Gasteiger partial charge in [0.2, 0.25) is 5.91 Å². The van der Waals surface area contributed by atoms with Crippen LogP contribution in [0.2, 0.25) is 0 Å². The first-order valence-electron chi connectivity index (χ1n) is 6.91. The lowest BCUT2D eigenvalue weighted by atomic mass is 10.3. The summed E-state index contributed by atoms with van der Waals surface area (Å²) in [6.45, 7) is 0. The minimum Gasteiger partial charge on any atom is -0.454 e. The maximum absolute atomic E-state index is 13.8. The molecule has 0 spiro atoms. The van der Waals surface area contributed by atoms with Crippen molar-refractivity contribution >= 4 is 17.4 Å². The van der Waals surface area contributed by atoms with E-state index in [1.807, 2.05) is 0 Å². The first-order chi connectivity index (χ1) is 11.0. The summed E-state index contributed by atoms with van der Waals surface area (Å²) in [7, 11) is 0. The van der Waals surface area contributed by atoms with E-state index in [0.29, 0.717) is 5.82 Å². The summed E-state index contributed by atoms with van der Waals surface area (Å²) >= 11 is 0. The number of nitro groups is 1. The fraction of sp³-hybridized carbons (Fsp3) is 0.200. The van der Waals surface area contributed by atoms with E-state index in [-0.39, 0.29) is 29.0 Å². The Hall–Kier alpha value is -3.03. The van der Waals surface area contributed by atoms with Crippen molar-refractivity contribution in [2.75, 3.05) is 5.32 Å². The van der Waals surface area contributed by atoms with E-state index < -0.39 is 10.7 Å². The van der Waals surface area contributed by atoms with Gasteiger partial charge in [0, 0.05) is 24.2 Å². The van der Waals surface area contributed by atoms with Gasteiger partial charge in [-0.2, -0.15) is 0 Å². The third-order valence-corrected chi connectivity index (χ3v) is 3.28. The van der Waals surface area contributed by atoms with Gasteiger partial charge in [0.1, 0.15) is 11.6 Å². The standard InChI is InChI=1S/C15H12FN3O4/c16-12-7-10(19(21)22)3-4-13(12)23-11-5-6-17-14(8-11)18-15(20)9-1-2-9/h3-9H,1-2H2,(H,17,18,20). The Morgan fingerprint density at radius 3 is 2.78 bits per heavy atom. The second-order valence-electron chi connectivity index (χ2n) is 5.11. The second kappa shape index (κ2) is 5.99. The van der Waals surface area contributed by atoms with Crippen molar-refractivity contribution < 1.29 is 18.8 Å². The van der Waals surface area contributed by atoms with E-state index in [2.05, 4.69) is 10.3 Å². The number of non-ortho nitro benzene ring substituents is 1. The molecular weight excluding hydrogens is 305 g/mol. The molecule has 118 valence electrons. The monoisotopic (exact) mass is 317 g/mol. The van der Waals surface area contributed by atoms with Crippen LogP contribution in [0.3, 0.4) is 0 Å². The number of hydrogen-bond acceptors (Lipinski definition) is 5. The Balaban J connectivity index is 1.74. The number of amides is 1. The number of carbonyl (C=O) groups is 1. The van der Waals surface area contributed by atoms with Gasteiger partial charge in [-0.15, -0.1) is 0 Å². The van der Waals surface area contributed by atoms with Crippen molar-refractivity contribution in [1.29, 1.82) is 0 Å². The van der Waals surface area contributed by atoms with Crippen LogP contribution < -0.4 is 10.1 Å². The quantitative estimate of drug-likeness (QED) is 0.674. The summed E-state index contributed by atoms with van der Waals surface area (Å²) in [6, 6.07) is 6.06. The van der Waals surface area contributed by atoms with Gasteiger partial charge in [-0.05, 0) is 25.0 Å². The zero-order valence-corrected chi connectivity index (χ0v) is 11.9. The minimum atomic E-state index is -0.848. The molecule has 3 rings (SSSR count). The Morgan fingerprint density at radius 1 is 1.35 bits per heavy atom. The zero-order chi connectivity index (χ0) is 16.4. The molecule has 1 N–H and O–H groups in total. The molecule has 0 unspecified atom stereocenters. The van der Waals surface area contributed by atoms with Crippen LogP contribution in [0.4, 0.5) is 15.9 Å². The van der Waals surface area contributed by atoms with Crippen molar-refractivity contribution in [2.45, 2.75) is 12.8 Å². The zero-order valence-electron chi connectivity index (χ0n) is 11.9. The first kappa shape index (κ1) is 14.9. The van der Waals surface area contributed by atoms with Gasteiger partial charge in [0.05, 0.1) is 11.0 Å². The molecule has 1 aliphatic rings. The topological polar surface area (TPSA) is 94.4 Å². The molecule has 0 aliphatic heterocycles. The molecule has 0 bridgehead atoms. The highest BCUT2D eigenvalue weighted by Gasteiger charge is 2.29. The van der Waals surface area contributed by atoms with Crippen LogP contribution in [0.1, 0.15) is 12.8 Å². The third kappa shape index (κ3) is 3.60. The SMILES string of the molecule is O=C(Nc1cc(Oc2ccc([N+](=O)[O-])cc2F)ccn1)C1CC1. The van der Waals surface area contributed by atoms with E-state index in [1.54, 1.807) is 0 Å².